The Morgan fingerprint density at radius 2 is 1.93 bits per heavy atom. The maximum absolute atomic E-state index is 13.1. The van der Waals surface area contributed by atoms with Crippen molar-refractivity contribution in [2.45, 2.75) is 16.5 Å². The van der Waals surface area contributed by atoms with Crippen molar-refractivity contribution in [3.05, 3.63) is 53.7 Å². The van der Waals surface area contributed by atoms with E-state index >= 15 is 0 Å². The van der Waals surface area contributed by atoms with Crippen LogP contribution in [-0.2, 0) is 4.79 Å². The lowest BCUT2D eigenvalue weighted by molar-refractivity contribution is -0.115. The second kappa shape index (κ2) is 9.07. The molecule has 8 heteroatoms. The molecule has 0 aliphatic carbocycles. The van der Waals surface area contributed by atoms with Crippen LogP contribution in [0.2, 0.25) is 0 Å². The fourth-order valence-corrected chi connectivity index (χ4v) is 4.39. The minimum absolute atomic E-state index is 0.171. The highest BCUT2D eigenvalue weighted by Gasteiger charge is 2.19. The van der Waals surface area contributed by atoms with Crippen LogP contribution in [0.25, 0.3) is 11.3 Å². The van der Waals surface area contributed by atoms with Crippen LogP contribution in [0, 0.1) is 5.82 Å². The molecule has 0 saturated carbocycles. The fourth-order valence-electron chi connectivity index (χ4n) is 2.42. The highest BCUT2D eigenvalue weighted by atomic mass is 32.2. The molecule has 0 aliphatic rings. The Morgan fingerprint density at radius 1 is 1.18 bits per heavy atom. The van der Waals surface area contributed by atoms with E-state index in [4.69, 9.17) is 9.47 Å². The average Bonchev–Trinajstić information content (AvgIpc) is 3.16. The second-order valence-electron chi connectivity index (χ2n) is 5.82. The van der Waals surface area contributed by atoms with E-state index in [1.807, 2.05) is 12.3 Å². The number of carbonyl (C=O) groups excluding carboxylic acids is 1. The largest absolute Gasteiger partial charge is 0.497 e. The molecule has 0 radical (unpaired) electrons. The minimum atomic E-state index is -0.372. The zero-order valence-electron chi connectivity index (χ0n) is 15.6. The topological polar surface area (TPSA) is 60.5 Å². The van der Waals surface area contributed by atoms with Gasteiger partial charge in [-0.15, -0.1) is 11.3 Å². The van der Waals surface area contributed by atoms with Gasteiger partial charge in [0.1, 0.15) is 17.3 Å². The Balaban J connectivity index is 1.67. The van der Waals surface area contributed by atoms with Crippen LogP contribution in [0.5, 0.6) is 11.5 Å². The van der Waals surface area contributed by atoms with Gasteiger partial charge in [-0.1, -0.05) is 11.8 Å². The summed E-state index contributed by atoms with van der Waals surface area (Å²) in [6.45, 7) is 1.81. The van der Waals surface area contributed by atoms with Crippen molar-refractivity contribution >= 4 is 34.7 Å². The highest BCUT2D eigenvalue weighted by Crippen LogP contribution is 2.33. The molecular formula is C20H19FN2O3S2. The number of carbonyl (C=O) groups is 1. The van der Waals surface area contributed by atoms with Gasteiger partial charge in [-0.3, -0.25) is 4.79 Å². The van der Waals surface area contributed by atoms with Gasteiger partial charge >= 0.3 is 0 Å². The molecule has 3 aromatic rings. The monoisotopic (exact) mass is 418 g/mol. The SMILES string of the molecule is COc1ccc(OC)c(NC(=O)C(C)Sc2nc(-c3ccc(F)cc3)cs2)c1. The number of anilines is 1. The van der Waals surface area contributed by atoms with Gasteiger partial charge in [0.2, 0.25) is 5.91 Å². The summed E-state index contributed by atoms with van der Waals surface area (Å²) in [5.41, 5.74) is 2.14. The summed E-state index contributed by atoms with van der Waals surface area (Å²) in [5.74, 6) is 0.724. The van der Waals surface area contributed by atoms with Gasteiger partial charge in [-0.05, 0) is 43.3 Å². The van der Waals surface area contributed by atoms with Crippen molar-refractivity contribution in [1.29, 1.82) is 0 Å². The molecule has 3 rings (SSSR count). The molecule has 1 heterocycles. The molecule has 1 N–H and O–H groups in total. The number of thiazole rings is 1. The molecule has 5 nitrogen and oxygen atoms in total. The molecule has 0 spiro atoms. The molecule has 1 amide bonds. The summed E-state index contributed by atoms with van der Waals surface area (Å²) in [6, 6.07) is 11.4. The first kappa shape index (κ1) is 20.2. The van der Waals surface area contributed by atoms with Crippen LogP contribution in [0.3, 0.4) is 0 Å². The molecule has 0 bridgehead atoms. The van der Waals surface area contributed by atoms with Crippen LogP contribution < -0.4 is 14.8 Å². The number of ether oxygens (including phenoxy) is 2. The van der Waals surface area contributed by atoms with Gasteiger partial charge in [0.15, 0.2) is 4.34 Å². The zero-order chi connectivity index (χ0) is 20.1. The average molecular weight is 419 g/mol. The lowest BCUT2D eigenvalue weighted by Gasteiger charge is -2.14. The van der Waals surface area contributed by atoms with E-state index in [1.165, 1.54) is 35.2 Å². The van der Waals surface area contributed by atoms with Crippen LogP contribution in [0.1, 0.15) is 6.92 Å². The summed E-state index contributed by atoms with van der Waals surface area (Å²) < 4.78 is 24.3. The Morgan fingerprint density at radius 3 is 2.61 bits per heavy atom. The standard InChI is InChI=1S/C20H19FN2O3S2/c1-12(19(24)22-16-10-15(25-2)8-9-18(16)26-3)28-20-23-17(11-27-20)13-4-6-14(21)7-5-13/h4-12H,1-3H3,(H,22,24). The molecule has 0 fully saturated rings. The van der Waals surface area contributed by atoms with Crippen LogP contribution in [0.15, 0.2) is 52.2 Å². The first-order valence-electron chi connectivity index (χ1n) is 8.41. The molecule has 2 aromatic carbocycles. The number of amides is 1. The van der Waals surface area contributed by atoms with Crippen LogP contribution in [0.4, 0.5) is 10.1 Å². The van der Waals surface area contributed by atoms with E-state index in [2.05, 4.69) is 10.3 Å². The Kier molecular flexibility index (Phi) is 6.53. The van der Waals surface area contributed by atoms with Crippen molar-refractivity contribution in [1.82, 2.24) is 4.98 Å². The van der Waals surface area contributed by atoms with Crippen molar-refractivity contribution in [3.63, 3.8) is 0 Å². The Bertz CT molecular complexity index is 960. The van der Waals surface area contributed by atoms with E-state index in [0.717, 1.165) is 15.6 Å². The highest BCUT2D eigenvalue weighted by molar-refractivity contribution is 8.02. The quantitative estimate of drug-likeness (QED) is 0.542. The zero-order valence-corrected chi connectivity index (χ0v) is 17.2. The summed E-state index contributed by atoms with van der Waals surface area (Å²) >= 11 is 2.81. The van der Waals surface area contributed by atoms with Crippen LogP contribution >= 0.6 is 23.1 Å². The van der Waals surface area contributed by atoms with E-state index in [1.54, 1.807) is 44.6 Å². The molecule has 146 valence electrons. The summed E-state index contributed by atoms with van der Waals surface area (Å²) in [7, 11) is 3.11. The summed E-state index contributed by atoms with van der Waals surface area (Å²) in [5, 5.41) is 4.39. The van der Waals surface area contributed by atoms with Gasteiger partial charge in [-0.2, -0.15) is 0 Å². The van der Waals surface area contributed by atoms with Gasteiger partial charge < -0.3 is 14.8 Å². The molecular weight excluding hydrogens is 399 g/mol. The summed E-state index contributed by atoms with van der Waals surface area (Å²) in [6.07, 6.45) is 0. The first-order chi connectivity index (χ1) is 13.5. The second-order valence-corrected chi connectivity index (χ2v) is 8.27. The van der Waals surface area contributed by atoms with E-state index < -0.39 is 0 Å². The number of thioether (sulfide) groups is 1. The molecule has 1 aromatic heterocycles. The lowest BCUT2D eigenvalue weighted by atomic mass is 10.2. The maximum Gasteiger partial charge on any atom is 0.237 e. The van der Waals surface area contributed by atoms with Crippen molar-refractivity contribution in [3.8, 4) is 22.8 Å². The maximum atomic E-state index is 13.1. The Labute approximate surface area is 170 Å². The third-order valence-electron chi connectivity index (χ3n) is 3.93. The fraction of sp³-hybridized carbons (Fsp3) is 0.200. The summed E-state index contributed by atoms with van der Waals surface area (Å²) in [4.78, 5) is 17.1. The van der Waals surface area contributed by atoms with Gasteiger partial charge in [-0.25, -0.2) is 9.37 Å². The number of aromatic nitrogens is 1. The predicted octanol–water partition coefficient (Wildman–Crippen LogP) is 5.09. The number of benzene rings is 2. The third-order valence-corrected chi connectivity index (χ3v) is 6.01. The van der Waals surface area contributed by atoms with Crippen LogP contribution in [-0.4, -0.2) is 30.4 Å². The van der Waals surface area contributed by atoms with Gasteiger partial charge in [0, 0.05) is 17.0 Å². The molecule has 28 heavy (non-hydrogen) atoms. The number of nitrogens with zero attached hydrogens (tertiary/aromatic N) is 1. The number of nitrogens with one attached hydrogen (secondary N) is 1. The number of hydrogen-bond donors (Lipinski definition) is 1. The van der Waals surface area contributed by atoms with Gasteiger partial charge in [0.05, 0.1) is 30.9 Å². The number of halogens is 1. The first-order valence-corrected chi connectivity index (χ1v) is 10.2. The van der Waals surface area contributed by atoms with E-state index in [0.29, 0.717) is 17.2 Å². The number of rotatable bonds is 7. The number of hydrogen-bond acceptors (Lipinski definition) is 6. The third kappa shape index (κ3) is 4.82. The van der Waals surface area contributed by atoms with E-state index in [9.17, 15) is 9.18 Å². The number of methoxy groups -OCH3 is 2. The molecule has 1 atom stereocenters. The normalized spacial score (nSPS) is 11.7. The van der Waals surface area contributed by atoms with Crippen molar-refractivity contribution in [2.75, 3.05) is 19.5 Å². The Hall–Kier alpha value is -2.58. The smallest absolute Gasteiger partial charge is 0.237 e. The predicted molar refractivity (Wildman–Crippen MR) is 111 cm³/mol. The lowest BCUT2D eigenvalue weighted by Crippen LogP contribution is -2.22. The van der Waals surface area contributed by atoms with E-state index in [-0.39, 0.29) is 17.0 Å². The van der Waals surface area contributed by atoms with Crippen molar-refractivity contribution < 1.29 is 18.7 Å². The van der Waals surface area contributed by atoms with Gasteiger partial charge in [0.25, 0.3) is 0 Å². The molecule has 1 unspecified atom stereocenters. The molecule has 0 aliphatic heterocycles. The minimum Gasteiger partial charge on any atom is -0.497 e. The molecule has 0 saturated heterocycles. The van der Waals surface area contributed by atoms with Crippen molar-refractivity contribution in [2.24, 2.45) is 0 Å².